The van der Waals surface area contributed by atoms with Gasteiger partial charge in [-0.3, -0.25) is 14.5 Å². The van der Waals surface area contributed by atoms with Gasteiger partial charge >= 0.3 is 11.9 Å². The van der Waals surface area contributed by atoms with Crippen molar-refractivity contribution < 1.29 is 19.8 Å². The smallest absolute Gasteiger partial charge is 0.325 e. The number of nitrogens with zero attached hydrogens (tertiary/aromatic N) is 7. The van der Waals surface area contributed by atoms with Gasteiger partial charge in [0, 0.05) is 19.6 Å². The van der Waals surface area contributed by atoms with E-state index in [-0.39, 0.29) is 13.1 Å². The molecule has 0 amide bonds. The summed E-state index contributed by atoms with van der Waals surface area (Å²) in [5.41, 5.74) is 3.66. The number of carboxylic acid groups (broad SMARTS) is 2. The Morgan fingerprint density at radius 1 is 0.900 bits per heavy atom. The van der Waals surface area contributed by atoms with Gasteiger partial charge in [-0.2, -0.15) is 0 Å². The summed E-state index contributed by atoms with van der Waals surface area (Å²) >= 11 is 0. The summed E-state index contributed by atoms with van der Waals surface area (Å²) in [7, 11) is 0. The standard InChI is InChI=1S/C19H23N7O4/c1-14-2-4-15(5-3-14)6-7-24(8-16-10-25(22-20-16)12-18(27)28)9-17-11-26(23-21-17)13-19(29)30/h2-5,10-11H,6-9,12-13H2,1H3,(H,27,28)(H,29,30). The maximum Gasteiger partial charge on any atom is 0.325 e. The molecule has 0 fully saturated rings. The van der Waals surface area contributed by atoms with E-state index in [1.807, 2.05) is 6.92 Å². The van der Waals surface area contributed by atoms with Crippen molar-refractivity contribution in [3.05, 3.63) is 59.2 Å². The van der Waals surface area contributed by atoms with Crippen molar-refractivity contribution in [2.45, 2.75) is 39.5 Å². The van der Waals surface area contributed by atoms with E-state index in [2.05, 4.69) is 49.8 Å². The molecule has 2 heterocycles. The Hall–Kier alpha value is -3.60. The zero-order valence-corrected chi connectivity index (χ0v) is 16.5. The maximum absolute atomic E-state index is 10.8. The summed E-state index contributed by atoms with van der Waals surface area (Å²) in [5.74, 6) is -1.98. The second kappa shape index (κ2) is 9.74. The van der Waals surface area contributed by atoms with Crippen LogP contribution in [0.15, 0.2) is 36.7 Å². The molecule has 2 aromatic heterocycles. The molecule has 11 heteroatoms. The van der Waals surface area contributed by atoms with Crippen LogP contribution in [0.4, 0.5) is 0 Å². The summed E-state index contributed by atoms with van der Waals surface area (Å²) < 4.78 is 2.55. The van der Waals surface area contributed by atoms with Gasteiger partial charge in [0.15, 0.2) is 0 Å². The lowest BCUT2D eigenvalue weighted by atomic mass is 10.1. The van der Waals surface area contributed by atoms with E-state index < -0.39 is 11.9 Å². The van der Waals surface area contributed by atoms with Gasteiger partial charge in [-0.15, -0.1) is 10.2 Å². The van der Waals surface area contributed by atoms with E-state index >= 15 is 0 Å². The molecule has 30 heavy (non-hydrogen) atoms. The first-order valence-electron chi connectivity index (χ1n) is 9.37. The Kier molecular flexibility index (Phi) is 6.86. The van der Waals surface area contributed by atoms with Crippen molar-refractivity contribution in [2.24, 2.45) is 0 Å². The zero-order valence-electron chi connectivity index (χ0n) is 16.5. The minimum Gasteiger partial charge on any atom is -0.480 e. The molecule has 3 aromatic rings. The van der Waals surface area contributed by atoms with Crippen LogP contribution >= 0.6 is 0 Å². The average molecular weight is 413 g/mol. The lowest BCUT2D eigenvalue weighted by Crippen LogP contribution is -2.26. The van der Waals surface area contributed by atoms with Gasteiger partial charge in [0.1, 0.15) is 13.1 Å². The maximum atomic E-state index is 10.8. The zero-order chi connectivity index (χ0) is 21.5. The Labute approximate surface area is 172 Å². The molecule has 3 rings (SSSR count). The first-order valence-corrected chi connectivity index (χ1v) is 9.37. The topological polar surface area (TPSA) is 139 Å². The second-order valence-corrected chi connectivity index (χ2v) is 7.05. The highest BCUT2D eigenvalue weighted by Gasteiger charge is 2.14. The van der Waals surface area contributed by atoms with Crippen LogP contribution in [0.5, 0.6) is 0 Å². The number of aryl methyl sites for hydroxylation is 1. The van der Waals surface area contributed by atoms with Gasteiger partial charge in [0.05, 0.1) is 23.8 Å². The molecule has 0 unspecified atom stereocenters. The minimum atomic E-state index is -0.988. The van der Waals surface area contributed by atoms with Gasteiger partial charge in [0.25, 0.3) is 0 Å². The molecule has 0 aliphatic heterocycles. The van der Waals surface area contributed by atoms with Crippen molar-refractivity contribution in [2.75, 3.05) is 6.54 Å². The van der Waals surface area contributed by atoms with Gasteiger partial charge in [-0.25, -0.2) is 9.36 Å². The molecule has 0 aliphatic carbocycles. The third kappa shape index (κ3) is 6.48. The van der Waals surface area contributed by atoms with Crippen LogP contribution in [-0.4, -0.2) is 63.6 Å². The first kappa shape index (κ1) is 21.1. The third-order valence-electron chi connectivity index (χ3n) is 4.38. The fourth-order valence-electron chi connectivity index (χ4n) is 2.97. The number of carbonyl (C=O) groups is 2. The van der Waals surface area contributed by atoms with E-state index in [0.717, 1.165) is 6.42 Å². The molecular formula is C19H23N7O4. The van der Waals surface area contributed by atoms with Crippen LogP contribution < -0.4 is 0 Å². The highest BCUT2D eigenvalue weighted by molar-refractivity contribution is 5.66. The average Bonchev–Trinajstić information content (AvgIpc) is 3.29. The summed E-state index contributed by atoms with van der Waals surface area (Å²) in [6.07, 6.45) is 4.01. The number of aliphatic carboxylic acids is 2. The van der Waals surface area contributed by atoms with E-state index in [4.69, 9.17) is 10.2 Å². The van der Waals surface area contributed by atoms with E-state index in [0.29, 0.717) is 31.0 Å². The summed E-state index contributed by atoms with van der Waals surface area (Å²) in [5, 5.41) is 33.6. The fraction of sp³-hybridized carbons (Fsp3) is 0.368. The van der Waals surface area contributed by atoms with Crippen LogP contribution in [-0.2, 0) is 42.2 Å². The van der Waals surface area contributed by atoms with Crippen molar-refractivity contribution in [3.63, 3.8) is 0 Å². The molecule has 0 radical (unpaired) electrons. The Balaban J connectivity index is 1.69. The molecule has 11 nitrogen and oxygen atoms in total. The first-order chi connectivity index (χ1) is 14.4. The number of hydrogen-bond donors (Lipinski definition) is 2. The monoisotopic (exact) mass is 413 g/mol. The van der Waals surface area contributed by atoms with Crippen LogP contribution in [0.25, 0.3) is 0 Å². The summed E-state index contributed by atoms with van der Waals surface area (Å²) in [6, 6.07) is 8.29. The summed E-state index contributed by atoms with van der Waals surface area (Å²) in [4.78, 5) is 23.8. The van der Waals surface area contributed by atoms with Gasteiger partial charge in [-0.1, -0.05) is 40.3 Å². The number of carboxylic acids is 2. The molecule has 2 N–H and O–H groups in total. The number of rotatable bonds is 11. The largest absolute Gasteiger partial charge is 0.480 e. The molecule has 0 saturated heterocycles. The molecule has 0 saturated carbocycles. The highest BCUT2D eigenvalue weighted by Crippen LogP contribution is 2.10. The predicted octanol–water partition coefficient (Wildman–Crippen LogP) is 0.592. The Morgan fingerprint density at radius 3 is 1.87 bits per heavy atom. The number of benzene rings is 1. The van der Waals surface area contributed by atoms with Gasteiger partial charge in [-0.05, 0) is 18.9 Å². The Morgan fingerprint density at radius 2 is 1.40 bits per heavy atom. The molecular weight excluding hydrogens is 390 g/mol. The lowest BCUT2D eigenvalue weighted by Gasteiger charge is -2.20. The van der Waals surface area contributed by atoms with Gasteiger partial charge in [0.2, 0.25) is 0 Å². The van der Waals surface area contributed by atoms with Crippen molar-refractivity contribution in [1.82, 2.24) is 34.9 Å². The quantitative estimate of drug-likeness (QED) is 0.462. The minimum absolute atomic E-state index is 0.250. The van der Waals surface area contributed by atoms with E-state index in [1.165, 1.54) is 20.5 Å². The molecule has 158 valence electrons. The fourth-order valence-corrected chi connectivity index (χ4v) is 2.97. The normalized spacial score (nSPS) is 11.1. The molecule has 0 aliphatic rings. The Bertz CT molecular complexity index is 940. The van der Waals surface area contributed by atoms with E-state index in [9.17, 15) is 9.59 Å². The molecule has 0 spiro atoms. The lowest BCUT2D eigenvalue weighted by molar-refractivity contribution is -0.139. The second-order valence-electron chi connectivity index (χ2n) is 7.05. The van der Waals surface area contributed by atoms with Crippen molar-refractivity contribution >= 4 is 11.9 Å². The van der Waals surface area contributed by atoms with Crippen molar-refractivity contribution in [1.29, 1.82) is 0 Å². The van der Waals surface area contributed by atoms with Crippen LogP contribution in [0.3, 0.4) is 0 Å². The SMILES string of the molecule is Cc1ccc(CCN(Cc2cn(CC(=O)O)nn2)Cc2cn(CC(=O)O)nn2)cc1. The molecule has 0 atom stereocenters. The number of hydrogen-bond acceptors (Lipinski definition) is 7. The van der Waals surface area contributed by atoms with Gasteiger partial charge < -0.3 is 10.2 Å². The van der Waals surface area contributed by atoms with Crippen LogP contribution in [0, 0.1) is 6.92 Å². The van der Waals surface area contributed by atoms with Crippen LogP contribution in [0.1, 0.15) is 22.5 Å². The molecule has 1 aromatic carbocycles. The molecule has 0 bridgehead atoms. The van der Waals surface area contributed by atoms with Crippen LogP contribution in [0.2, 0.25) is 0 Å². The number of aromatic nitrogens is 6. The van der Waals surface area contributed by atoms with Crippen molar-refractivity contribution in [3.8, 4) is 0 Å². The highest BCUT2D eigenvalue weighted by atomic mass is 16.4. The predicted molar refractivity (Wildman–Crippen MR) is 104 cm³/mol. The third-order valence-corrected chi connectivity index (χ3v) is 4.38. The summed E-state index contributed by atoms with van der Waals surface area (Å²) in [6.45, 7) is 3.12. The van der Waals surface area contributed by atoms with E-state index in [1.54, 1.807) is 12.4 Å².